The monoisotopic (exact) mass is 282 g/mol. The van der Waals surface area contributed by atoms with Crippen molar-refractivity contribution in [1.29, 1.82) is 5.26 Å². The standard InChI is InChI=1S/C15H14N4O2/c1-10(12-3-5-13(17)6-4-12)18-14-7-2-11(9-16)8-15(14)19(20)21/h2-8,10,18H,17H2,1H3. The van der Waals surface area contributed by atoms with E-state index in [1.54, 1.807) is 24.3 Å². The summed E-state index contributed by atoms with van der Waals surface area (Å²) < 4.78 is 0. The average molecular weight is 282 g/mol. The molecule has 0 saturated carbocycles. The van der Waals surface area contributed by atoms with Crippen LogP contribution in [0.15, 0.2) is 42.5 Å². The maximum absolute atomic E-state index is 11.1. The van der Waals surface area contributed by atoms with Gasteiger partial charge in [-0.15, -0.1) is 0 Å². The number of anilines is 2. The van der Waals surface area contributed by atoms with E-state index >= 15 is 0 Å². The molecule has 1 atom stereocenters. The fourth-order valence-electron chi connectivity index (χ4n) is 1.98. The third-order valence-corrected chi connectivity index (χ3v) is 3.13. The fraction of sp³-hybridized carbons (Fsp3) is 0.133. The van der Waals surface area contributed by atoms with Crippen molar-refractivity contribution in [2.24, 2.45) is 0 Å². The Kier molecular flexibility index (Phi) is 4.05. The molecule has 106 valence electrons. The minimum absolute atomic E-state index is 0.114. The number of rotatable bonds is 4. The van der Waals surface area contributed by atoms with E-state index in [1.807, 2.05) is 25.1 Å². The van der Waals surface area contributed by atoms with Crippen molar-refractivity contribution >= 4 is 17.1 Å². The van der Waals surface area contributed by atoms with Gasteiger partial charge in [-0.3, -0.25) is 10.1 Å². The van der Waals surface area contributed by atoms with E-state index in [2.05, 4.69) is 5.32 Å². The molecular formula is C15H14N4O2. The van der Waals surface area contributed by atoms with Crippen LogP contribution in [0.5, 0.6) is 0 Å². The summed E-state index contributed by atoms with van der Waals surface area (Å²) in [6.07, 6.45) is 0. The van der Waals surface area contributed by atoms with Gasteiger partial charge in [0.2, 0.25) is 0 Å². The van der Waals surface area contributed by atoms with Crippen LogP contribution in [0.4, 0.5) is 17.1 Å². The molecule has 3 N–H and O–H groups in total. The topological polar surface area (TPSA) is 105 Å². The molecule has 0 aliphatic carbocycles. The summed E-state index contributed by atoms with van der Waals surface area (Å²) in [7, 11) is 0. The zero-order chi connectivity index (χ0) is 15.4. The number of nitrogen functional groups attached to an aromatic ring is 1. The van der Waals surface area contributed by atoms with E-state index in [1.165, 1.54) is 6.07 Å². The first-order chi connectivity index (χ1) is 10.0. The Hall–Kier alpha value is -3.07. The summed E-state index contributed by atoms with van der Waals surface area (Å²) in [6.45, 7) is 1.90. The lowest BCUT2D eigenvalue weighted by molar-refractivity contribution is -0.384. The molecular weight excluding hydrogens is 268 g/mol. The first-order valence-electron chi connectivity index (χ1n) is 6.32. The van der Waals surface area contributed by atoms with Crippen molar-refractivity contribution in [2.75, 3.05) is 11.1 Å². The lowest BCUT2D eigenvalue weighted by Gasteiger charge is -2.16. The summed E-state index contributed by atoms with van der Waals surface area (Å²) >= 11 is 0. The molecule has 0 radical (unpaired) electrons. The normalized spacial score (nSPS) is 11.4. The van der Waals surface area contributed by atoms with Crippen molar-refractivity contribution in [3.05, 3.63) is 63.7 Å². The van der Waals surface area contributed by atoms with Crippen LogP contribution in [-0.4, -0.2) is 4.92 Å². The van der Waals surface area contributed by atoms with Crippen LogP contribution in [0, 0.1) is 21.4 Å². The van der Waals surface area contributed by atoms with E-state index in [4.69, 9.17) is 11.0 Å². The van der Waals surface area contributed by atoms with Gasteiger partial charge in [-0.05, 0) is 36.8 Å². The molecule has 2 aromatic rings. The number of nitro groups is 1. The Morgan fingerprint density at radius 3 is 2.52 bits per heavy atom. The molecule has 0 aliphatic heterocycles. The van der Waals surface area contributed by atoms with Crippen LogP contribution in [0.25, 0.3) is 0 Å². The fourth-order valence-corrected chi connectivity index (χ4v) is 1.98. The quantitative estimate of drug-likeness (QED) is 0.509. The summed E-state index contributed by atoms with van der Waals surface area (Å²) in [4.78, 5) is 10.6. The average Bonchev–Trinajstić information content (AvgIpc) is 2.48. The number of nitriles is 1. The first kappa shape index (κ1) is 14.3. The zero-order valence-electron chi connectivity index (χ0n) is 11.4. The van der Waals surface area contributed by atoms with Gasteiger partial charge in [0.05, 0.1) is 16.6 Å². The van der Waals surface area contributed by atoms with Gasteiger partial charge in [0, 0.05) is 17.8 Å². The number of hydrogen-bond donors (Lipinski definition) is 2. The Bertz CT molecular complexity index is 705. The maximum atomic E-state index is 11.1. The van der Waals surface area contributed by atoms with Gasteiger partial charge in [0.1, 0.15) is 5.69 Å². The van der Waals surface area contributed by atoms with E-state index in [0.717, 1.165) is 5.56 Å². The second kappa shape index (κ2) is 5.92. The van der Waals surface area contributed by atoms with E-state index in [0.29, 0.717) is 11.4 Å². The predicted octanol–water partition coefficient (Wildman–Crippen LogP) is 3.22. The molecule has 0 saturated heterocycles. The minimum Gasteiger partial charge on any atom is -0.399 e. The summed E-state index contributed by atoms with van der Waals surface area (Å²) in [5, 5.41) is 23.0. The SMILES string of the molecule is CC(Nc1ccc(C#N)cc1[N+](=O)[O-])c1ccc(N)cc1. The molecule has 21 heavy (non-hydrogen) atoms. The third-order valence-electron chi connectivity index (χ3n) is 3.13. The largest absolute Gasteiger partial charge is 0.399 e. The van der Waals surface area contributed by atoms with Crippen molar-refractivity contribution in [2.45, 2.75) is 13.0 Å². The summed E-state index contributed by atoms with van der Waals surface area (Å²) in [6, 6.07) is 13.4. The Balaban J connectivity index is 2.28. The Morgan fingerprint density at radius 2 is 1.95 bits per heavy atom. The number of nitrogens with zero attached hydrogens (tertiary/aromatic N) is 2. The number of hydrogen-bond acceptors (Lipinski definition) is 5. The van der Waals surface area contributed by atoms with Crippen LogP contribution in [0.1, 0.15) is 24.1 Å². The molecule has 6 nitrogen and oxygen atoms in total. The molecule has 0 heterocycles. The zero-order valence-corrected chi connectivity index (χ0v) is 11.4. The third kappa shape index (κ3) is 3.28. The van der Waals surface area contributed by atoms with Crippen molar-refractivity contribution in [1.82, 2.24) is 0 Å². The van der Waals surface area contributed by atoms with Crippen LogP contribution >= 0.6 is 0 Å². The van der Waals surface area contributed by atoms with E-state index in [-0.39, 0.29) is 17.3 Å². The predicted molar refractivity (Wildman–Crippen MR) is 80.7 cm³/mol. The van der Waals surface area contributed by atoms with Gasteiger partial charge in [-0.25, -0.2) is 0 Å². The van der Waals surface area contributed by atoms with Gasteiger partial charge in [0.25, 0.3) is 5.69 Å². The van der Waals surface area contributed by atoms with E-state index < -0.39 is 4.92 Å². The highest BCUT2D eigenvalue weighted by Crippen LogP contribution is 2.29. The molecule has 0 aromatic heterocycles. The molecule has 1 unspecified atom stereocenters. The molecule has 0 spiro atoms. The number of benzene rings is 2. The van der Waals surface area contributed by atoms with Crippen LogP contribution in [-0.2, 0) is 0 Å². The Morgan fingerprint density at radius 1 is 1.29 bits per heavy atom. The first-order valence-corrected chi connectivity index (χ1v) is 6.32. The molecule has 6 heteroatoms. The van der Waals surface area contributed by atoms with Crippen LogP contribution < -0.4 is 11.1 Å². The minimum atomic E-state index is -0.501. The summed E-state index contributed by atoms with van der Waals surface area (Å²) in [5.41, 5.74) is 7.78. The van der Waals surface area contributed by atoms with Gasteiger partial charge >= 0.3 is 0 Å². The van der Waals surface area contributed by atoms with Crippen molar-refractivity contribution in [3.8, 4) is 6.07 Å². The van der Waals surface area contributed by atoms with Crippen molar-refractivity contribution < 1.29 is 4.92 Å². The second-order valence-corrected chi connectivity index (χ2v) is 4.63. The Labute approximate surface area is 122 Å². The summed E-state index contributed by atoms with van der Waals surface area (Å²) in [5.74, 6) is 0. The lowest BCUT2D eigenvalue weighted by atomic mass is 10.1. The maximum Gasteiger partial charge on any atom is 0.293 e. The highest BCUT2D eigenvalue weighted by Gasteiger charge is 2.17. The number of nitrogens with one attached hydrogen (secondary N) is 1. The van der Waals surface area contributed by atoms with Crippen LogP contribution in [0.3, 0.4) is 0 Å². The van der Waals surface area contributed by atoms with Gasteiger partial charge < -0.3 is 11.1 Å². The molecule has 0 fully saturated rings. The van der Waals surface area contributed by atoms with Crippen molar-refractivity contribution in [3.63, 3.8) is 0 Å². The van der Waals surface area contributed by atoms with Gasteiger partial charge in [0.15, 0.2) is 0 Å². The second-order valence-electron chi connectivity index (χ2n) is 4.63. The van der Waals surface area contributed by atoms with Crippen LogP contribution in [0.2, 0.25) is 0 Å². The molecule has 0 bridgehead atoms. The number of nitro benzene ring substituents is 1. The molecule has 0 amide bonds. The molecule has 2 rings (SSSR count). The molecule has 0 aliphatic rings. The molecule has 2 aromatic carbocycles. The smallest absolute Gasteiger partial charge is 0.293 e. The van der Waals surface area contributed by atoms with Gasteiger partial charge in [-0.2, -0.15) is 5.26 Å². The highest BCUT2D eigenvalue weighted by molar-refractivity contribution is 5.64. The number of nitrogens with two attached hydrogens (primary N) is 1. The van der Waals surface area contributed by atoms with E-state index in [9.17, 15) is 10.1 Å². The lowest BCUT2D eigenvalue weighted by Crippen LogP contribution is -2.08. The highest BCUT2D eigenvalue weighted by atomic mass is 16.6. The van der Waals surface area contributed by atoms with Gasteiger partial charge in [-0.1, -0.05) is 12.1 Å².